The van der Waals surface area contributed by atoms with Crippen LogP contribution in [0.4, 0.5) is 8.78 Å². The topological polar surface area (TPSA) is 41.9 Å². The van der Waals surface area contributed by atoms with Crippen molar-refractivity contribution in [2.45, 2.75) is 37.8 Å². The Labute approximate surface area is 157 Å². The summed E-state index contributed by atoms with van der Waals surface area (Å²) in [6.07, 6.45) is -0.164. The van der Waals surface area contributed by atoms with Crippen LogP contribution in [-0.4, -0.2) is 35.4 Å². The average molecular weight is 375 g/mol. The van der Waals surface area contributed by atoms with Crippen molar-refractivity contribution in [3.8, 4) is 0 Å². The van der Waals surface area contributed by atoms with E-state index in [0.29, 0.717) is 30.8 Å². The Morgan fingerprint density at radius 1 is 0.852 bits per heavy atom. The van der Waals surface area contributed by atoms with Crippen LogP contribution in [0.15, 0.2) is 48.5 Å². The van der Waals surface area contributed by atoms with Gasteiger partial charge in [-0.05, 0) is 28.7 Å². The van der Waals surface area contributed by atoms with Gasteiger partial charge < -0.3 is 14.6 Å². The van der Waals surface area contributed by atoms with E-state index in [1.54, 1.807) is 24.3 Å². The van der Waals surface area contributed by atoms with Gasteiger partial charge in [0.1, 0.15) is 25.8 Å². The standard InChI is InChI=1S/C21H23F2NO3/c22-11-15-1-5-17(6-2-15)19-24-20(18-7-3-16(12-23)4-8-18)27-14-21(24,9-10-25)13-26-19/h1-8,19-20,25H,9-14H2/t19-,20?,21-/m0/s1. The lowest BCUT2D eigenvalue weighted by molar-refractivity contribution is -0.0623. The highest BCUT2D eigenvalue weighted by molar-refractivity contribution is 5.29. The molecule has 2 saturated heterocycles. The van der Waals surface area contributed by atoms with Crippen LogP contribution in [0.25, 0.3) is 0 Å². The third-order valence-electron chi connectivity index (χ3n) is 5.49. The summed E-state index contributed by atoms with van der Waals surface area (Å²) in [6.45, 7) is -0.0816. The molecule has 1 N–H and O–H groups in total. The largest absolute Gasteiger partial charge is 0.396 e. The van der Waals surface area contributed by atoms with Crippen LogP contribution in [0.3, 0.4) is 0 Å². The molecule has 0 spiro atoms. The number of benzene rings is 2. The van der Waals surface area contributed by atoms with Gasteiger partial charge in [-0.1, -0.05) is 48.5 Å². The van der Waals surface area contributed by atoms with Gasteiger partial charge in [0, 0.05) is 6.61 Å². The van der Waals surface area contributed by atoms with Gasteiger partial charge in [0.2, 0.25) is 0 Å². The molecule has 144 valence electrons. The van der Waals surface area contributed by atoms with E-state index in [9.17, 15) is 13.9 Å². The molecule has 0 amide bonds. The molecule has 0 aliphatic carbocycles. The zero-order valence-electron chi connectivity index (χ0n) is 15.0. The normalized spacial score (nSPS) is 27.8. The highest BCUT2D eigenvalue weighted by atomic mass is 19.1. The first-order valence-electron chi connectivity index (χ1n) is 9.13. The molecule has 2 aliphatic heterocycles. The van der Waals surface area contributed by atoms with Crippen molar-refractivity contribution in [2.24, 2.45) is 0 Å². The molecule has 27 heavy (non-hydrogen) atoms. The summed E-state index contributed by atoms with van der Waals surface area (Å²) < 4.78 is 37.9. The number of ether oxygens (including phenoxy) is 2. The summed E-state index contributed by atoms with van der Waals surface area (Å²) in [7, 11) is 0. The number of halogens is 2. The fourth-order valence-corrected chi connectivity index (χ4v) is 3.98. The Bertz CT molecular complexity index is 707. The summed E-state index contributed by atoms with van der Waals surface area (Å²) in [5.41, 5.74) is 2.66. The molecule has 2 aromatic carbocycles. The first-order chi connectivity index (χ1) is 13.2. The third-order valence-corrected chi connectivity index (χ3v) is 5.49. The Hall–Kier alpha value is -1.86. The second-order valence-corrected chi connectivity index (χ2v) is 7.18. The van der Waals surface area contributed by atoms with Crippen molar-refractivity contribution in [3.05, 3.63) is 70.8 Å². The molecule has 2 heterocycles. The second-order valence-electron chi connectivity index (χ2n) is 7.18. The van der Waals surface area contributed by atoms with E-state index in [1.807, 2.05) is 24.3 Å². The van der Waals surface area contributed by atoms with E-state index in [-0.39, 0.29) is 19.1 Å². The van der Waals surface area contributed by atoms with E-state index < -0.39 is 18.9 Å². The number of aliphatic hydroxyl groups is 1. The van der Waals surface area contributed by atoms with Gasteiger partial charge in [0.15, 0.2) is 0 Å². The predicted molar refractivity (Wildman–Crippen MR) is 96.2 cm³/mol. The van der Waals surface area contributed by atoms with Crippen molar-refractivity contribution in [3.63, 3.8) is 0 Å². The zero-order valence-corrected chi connectivity index (χ0v) is 15.0. The highest BCUT2D eigenvalue weighted by Gasteiger charge is 2.56. The minimum absolute atomic E-state index is 0.0320. The SMILES string of the molecule is OCC[C@]12COC(c3ccc(CF)cc3)N1[C@H](c1ccc(CF)cc1)OC2. The fourth-order valence-electron chi connectivity index (χ4n) is 3.98. The van der Waals surface area contributed by atoms with Crippen LogP contribution < -0.4 is 0 Å². The quantitative estimate of drug-likeness (QED) is 0.834. The maximum absolute atomic E-state index is 12.8. The minimum Gasteiger partial charge on any atom is -0.396 e. The molecule has 2 fully saturated rings. The van der Waals surface area contributed by atoms with E-state index in [1.165, 1.54) is 0 Å². The van der Waals surface area contributed by atoms with Gasteiger partial charge in [-0.3, -0.25) is 0 Å². The van der Waals surface area contributed by atoms with Crippen molar-refractivity contribution >= 4 is 0 Å². The molecule has 1 unspecified atom stereocenters. The number of hydrogen-bond donors (Lipinski definition) is 1. The van der Waals surface area contributed by atoms with Crippen LogP contribution in [0.1, 0.15) is 41.1 Å². The second kappa shape index (κ2) is 7.64. The highest BCUT2D eigenvalue weighted by Crippen LogP contribution is 2.50. The molecule has 0 radical (unpaired) electrons. The Morgan fingerprint density at radius 2 is 1.30 bits per heavy atom. The minimum atomic E-state index is -0.503. The maximum atomic E-state index is 12.8. The Balaban J connectivity index is 1.68. The van der Waals surface area contributed by atoms with Gasteiger partial charge in [-0.2, -0.15) is 0 Å². The average Bonchev–Trinajstić information content (AvgIpc) is 3.25. The molecular formula is C21H23F2NO3. The van der Waals surface area contributed by atoms with Crippen molar-refractivity contribution in [2.75, 3.05) is 19.8 Å². The third kappa shape index (κ3) is 3.27. The van der Waals surface area contributed by atoms with Crippen LogP contribution in [0, 0.1) is 0 Å². The monoisotopic (exact) mass is 375 g/mol. The van der Waals surface area contributed by atoms with E-state index in [0.717, 1.165) is 11.1 Å². The predicted octanol–water partition coefficient (Wildman–Crippen LogP) is 3.81. The number of hydrogen-bond acceptors (Lipinski definition) is 4. The van der Waals surface area contributed by atoms with Gasteiger partial charge in [-0.15, -0.1) is 0 Å². The molecule has 0 aromatic heterocycles. The number of nitrogens with zero attached hydrogens (tertiary/aromatic N) is 1. The molecule has 0 bridgehead atoms. The Morgan fingerprint density at radius 3 is 1.67 bits per heavy atom. The maximum Gasteiger partial charge on any atom is 0.139 e. The first-order valence-corrected chi connectivity index (χ1v) is 9.13. The number of aliphatic hydroxyl groups excluding tert-OH is 1. The molecule has 2 aliphatic rings. The number of fused-ring (bicyclic) bond motifs is 1. The summed E-state index contributed by atoms with van der Waals surface area (Å²) in [6, 6.07) is 14.5. The summed E-state index contributed by atoms with van der Waals surface area (Å²) >= 11 is 0. The van der Waals surface area contributed by atoms with Gasteiger partial charge in [0.25, 0.3) is 0 Å². The van der Waals surface area contributed by atoms with Crippen LogP contribution in [0.2, 0.25) is 0 Å². The van der Waals surface area contributed by atoms with E-state index >= 15 is 0 Å². The molecular weight excluding hydrogens is 352 g/mol. The smallest absolute Gasteiger partial charge is 0.139 e. The lowest BCUT2D eigenvalue weighted by Gasteiger charge is -2.34. The van der Waals surface area contributed by atoms with Crippen LogP contribution >= 0.6 is 0 Å². The molecule has 4 nitrogen and oxygen atoms in total. The van der Waals surface area contributed by atoms with Crippen LogP contribution in [-0.2, 0) is 22.8 Å². The number of alkyl halides is 2. The summed E-state index contributed by atoms with van der Waals surface area (Å²) in [4.78, 5) is 2.15. The van der Waals surface area contributed by atoms with Gasteiger partial charge >= 0.3 is 0 Å². The van der Waals surface area contributed by atoms with Crippen molar-refractivity contribution in [1.82, 2.24) is 4.90 Å². The van der Waals surface area contributed by atoms with Crippen molar-refractivity contribution < 1.29 is 23.4 Å². The molecule has 0 saturated carbocycles. The van der Waals surface area contributed by atoms with Gasteiger partial charge in [0.05, 0.1) is 18.8 Å². The molecule has 6 heteroatoms. The summed E-state index contributed by atoms with van der Waals surface area (Å²) in [5.74, 6) is 0. The van der Waals surface area contributed by atoms with E-state index in [2.05, 4.69) is 4.90 Å². The summed E-state index contributed by atoms with van der Waals surface area (Å²) in [5, 5.41) is 9.60. The Kier molecular flexibility index (Phi) is 5.23. The number of rotatable bonds is 6. The lowest BCUT2D eigenvalue weighted by atomic mass is 9.96. The van der Waals surface area contributed by atoms with Gasteiger partial charge in [-0.25, -0.2) is 13.7 Å². The van der Waals surface area contributed by atoms with Crippen molar-refractivity contribution in [1.29, 1.82) is 0 Å². The lowest BCUT2D eigenvalue weighted by Crippen LogP contribution is -2.45. The zero-order chi connectivity index (χ0) is 18.9. The molecule has 4 rings (SSSR count). The molecule has 2 aromatic rings. The van der Waals surface area contributed by atoms with E-state index in [4.69, 9.17) is 9.47 Å². The molecule has 3 atom stereocenters. The van der Waals surface area contributed by atoms with Crippen LogP contribution in [0.5, 0.6) is 0 Å². The fraction of sp³-hybridized carbons (Fsp3) is 0.429. The first kappa shape index (κ1) is 18.5.